The van der Waals surface area contributed by atoms with Crippen LogP contribution in [-0.4, -0.2) is 23.8 Å². The summed E-state index contributed by atoms with van der Waals surface area (Å²) < 4.78 is 4.89. The van der Waals surface area contributed by atoms with Gasteiger partial charge in [0, 0.05) is 24.3 Å². The van der Waals surface area contributed by atoms with Crippen LogP contribution in [0.1, 0.15) is 17.7 Å². The van der Waals surface area contributed by atoms with Crippen molar-refractivity contribution in [3.05, 3.63) is 41.7 Å². The highest BCUT2D eigenvalue weighted by Crippen LogP contribution is 2.23. The third-order valence-electron chi connectivity index (χ3n) is 3.52. The molecule has 2 heterocycles. The normalized spacial score (nSPS) is 16.7. The number of urea groups is 1. The van der Waals surface area contributed by atoms with Crippen molar-refractivity contribution in [3.63, 3.8) is 0 Å². The average molecular weight is 286 g/mol. The molecule has 1 aliphatic heterocycles. The molecule has 2 aromatic rings. The molecule has 3 rings (SSSR count). The fourth-order valence-electron chi connectivity index (χ4n) is 2.46. The van der Waals surface area contributed by atoms with Gasteiger partial charge in [0.1, 0.15) is 5.76 Å². The third kappa shape index (κ3) is 3.34. The molecule has 0 bridgehead atoms. The molecule has 6 heteroatoms. The molecule has 0 aliphatic carbocycles. The van der Waals surface area contributed by atoms with E-state index in [1.165, 1.54) is 5.56 Å². The van der Waals surface area contributed by atoms with E-state index in [1.54, 1.807) is 13.0 Å². The summed E-state index contributed by atoms with van der Waals surface area (Å²) in [6.45, 7) is 2.34. The van der Waals surface area contributed by atoms with Gasteiger partial charge in [-0.1, -0.05) is 23.4 Å². The summed E-state index contributed by atoms with van der Waals surface area (Å²) in [6, 6.07) is 9.90. The molecule has 110 valence electrons. The maximum atomic E-state index is 11.8. The fraction of sp³-hybridized carbons (Fsp3) is 0.333. The van der Waals surface area contributed by atoms with Crippen molar-refractivity contribution in [1.82, 2.24) is 10.5 Å². The van der Waals surface area contributed by atoms with E-state index in [4.69, 9.17) is 4.52 Å². The highest BCUT2D eigenvalue weighted by atomic mass is 16.5. The number of benzene rings is 1. The first kappa shape index (κ1) is 13.5. The van der Waals surface area contributed by atoms with E-state index in [9.17, 15) is 4.79 Å². The van der Waals surface area contributed by atoms with Gasteiger partial charge in [0.25, 0.3) is 0 Å². The van der Waals surface area contributed by atoms with Crippen molar-refractivity contribution in [2.75, 3.05) is 17.2 Å². The molecule has 1 aromatic heterocycles. The zero-order chi connectivity index (χ0) is 14.7. The summed E-state index contributed by atoms with van der Waals surface area (Å²) >= 11 is 0. The number of nitrogens with one attached hydrogen (secondary N) is 3. The molecule has 0 unspecified atom stereocenters. The molecule has 0 saturated carbocycles. The first-order chi connectivity index (χ1) is 10.2. The second kappa shape index (κ2) is 5.87. The van der Waals surface area contributed by atoms with Crippen LogP contribution in [0, 0.1) is 6.92 Å². The van der Waals surface area contributed by atoms with Crippen molar-refractivity contribution in [3.8, 4) is 0 Å². The highest BCUT2D eigenvalue weighted by Gasteiger charge is 2.17. The van der Waals surface area contributed by atoms with Crippen LogP contribution in [0.15, 0.2) is 34.9 Å². The Balaban J connectivity index is 1.49. The minimum Gasteiger partial charge on any atom is -0.380 e. The van der Waals surface area contributed by atoms with Gasteiger partial charge in [-0.2, -0.15) is 0 Å². The lowest BCUT2D eigenvalue weighted by molar-refractivity contribution is 0.251. The predicted octanol–water partition coefficient (Wildman–Crippen LogP) is 2.53. The largest absolute Gasteiger partial charge is 0.380 e. The van der Waals surface area contributed by atoms with Crippen molar-refractivity contribution in [2.24, 2.45) is 0 Å². The Hall–Kier alpha value is -2.50. The zero-order valence-electron chi connectivity index (χ0n) is 11.8. The van der Waals surface area contributed by atoms with Crippen LogP contribution >= 0.6 is 0 Å². The number of anilines is 2. The molecule has 2 amide bonds. The Bertz CT molecular complexity index is 638. The summed E-state index contributed by atoms with van der Waals surface area (Å²) in [5.74, 6) is 1.09. The van der Waals surface area contributed by atoms with Crippen molar-refractivity contribution < 1.29 is 9.32 Å². The van der Waals surface area contributed by atoms with Gasteiger partial charge in [-0.3, -0.25) is 5.32 Å². The average Bonchev–Trinajstić information content (AvgIpc) is 2.90. The lowest BCUT2D eigenvalue weighted by Crippen LogP contribution is -2.40. The lowest BCUT2D eigenvalue weighted by Gasteiger charge is -2.27. The predicted molar refractivity (Wildman–Crippen MR) is 80.4 cm³/mol. The van der Waals surface area contributed by atoms with E-state index < -0.39 is 0 Å². The number of carbonyl (C=O) groups is 1. The van der Waals surface area contributed by atoms with Gasteiger partial charge in [0.15, 0.2) is 5.82 Å². The number of amides is 2. The Morgan fingerprint density at radius 2 is 2.33 bits per heavy atom. The van der Waals surface area contributed by atoms with Gasteiger partial charge in [-0.05, 0) is 31.4 Å². The first-order valence-electron chi connectivity index (χ1n) is 7.03. The molecule has 0 saturated heterocycles. The molecule has 21 heavy (non-hydrogen) atoms. The van der Waals surface area contributed by atoms with Gasteiger partial charge < -0.3 is 15.2 Å². The number of carbonyl (C=O) groups excluding carboxylic acids is 1. The van der Waals surface area contributed by atoms with Crippen molar-refractivity contribution in [2.45, 2.75) is 25.8 Å². The standard InChI is InChI=1S/C15H18N4O2/c1-10-8-14(19-21-10)18-15(20)16-9-12-7-6-11-4-2-3-5-13(11)17-12/h2-5,8,12,17H,6-7,9H2,1H3,(H2,16,18,19,20)/t12-/m1/s1. The number of aryl methyl sites for hydroxylation is 2. The first-order valence-corrected chi connectivity index (χ1v) is 7.03. The van der Waals surface area contributed by atoms with E-state index in [-0.39, 0.29) is 12.1 Å². The SMILES string of the molecule is Cc1cc(NC(=O)NC[C@H]2CCc3ccccc3N2)no1. The molecule has 1 atom stereocenters. The Labute approximate surface area is 122 Å². The molecule has 1 aromatic carbocycles. The molecule has 0 radical (unpaired) electrons. The van der Waals surface area contributed by atoms with Crippen molar-refractivity contribution >= 4 is 17.5 Å². The summed E-state index contributed by atoms with van der Waals surface area (Å²) in [5, 5.41) is 12.6. The topological polar surface area (TPSA) is 79.2 Å². The summed E-state index contributed by atoms with van der Waals surface area (Å²) in [7, 11) is 0. The maximum absolute atomic E-state index is 11.8. The van der Waals surface area contributed by atoms with Crippen LogP contribution in [-0.2, 0) is 6.42 Å². The molecule has 0 fully saturated rings. The van der Waals surface area contributed by atoms with Crippen LogP contribution in [0.3, 0.4) is 0 Å². The molecule has 6 nitrogen and oxygen atoms in total. The monoisotopic (exact) mass is 286 g/mol. The van der Waals surface area contributed by atoms with Crippen LogP contribution in [0.2, 0.25) is 0 Å². The number of fused-ring (bicyclic) bond motifs is 1. The van der Waals surface area contributed by atoms with Gasteiger partial charge in [0.05, 0.1) is 0 Å². The minimum absolute atomic E-state index is 0.240. The Kier molecular flexibility index (Phi) is 3.77. The van der Waals surface area contributed by atoms with E-state index in [1.807, 2.05) is 12.1 Å². The minimum atomic E-state index is -0.274. The smallest absolute Gasteiger partial charge is 0.320 e. The summed E-state index contributed by atoms with van der Waals surface area (Å²) in [4.78, 5) is 11.8. The quantitative estimate of drug-likeness (QED) is 0.810. The number of nitrogens with zero attached hydrogens (tertiary/aromatic N) is 1. The third-order valence-corrected chi connectivity index (χ3v) is 3.52. The van der Waals surface area contributed by atoms with Crippen molar-refractivity contribution in [1.29, 1.82) is 0 Å². The van der Waals surface area contributed by atoms with Gasteiger partial charge in [-0.15, -0.1) is 0 Å². The molecule has 3 N–H and O–H groups in total. The van der Waals surface area contributed by atoms with Gasteiger partial charge in [-0.25, -0.2) is 4.79 Å². The molecular formula is C15H18N4O2. The number of hydrogen-bond acceptors (Lipinski definition) is 4. The number of rotatable bonds is 3. The van der Waals surface area contributed by atoms with E-state index >= 15 is 0 Å². The van der Waals surface area contributed by atoms with Crippen LogP contribution in [0.25, 0.3) is 0 Å². The Morgan fingerprint density at radius 1 is 1.48 bits per heavy atom. The van der Waals surface area contributed by atoms with E-state index in [0.29, 0.717) is 18.1 Å². The van der Waals surface area contributed by atoms with Crippen LogP contribution < -0.4 is 16.0 Å². The molecule has 0 spiro atoms. The van der Waals surface area contributed by atoms with Crippen LogP contribution in [0.4, 0.5) is 16.3 Å². The number of para-hydroxylation sites is 1. The van der Waals surface area contributed by atoms with Gasteiger partial charge in [0.2, 0.25) is 0 Å². The Morgan fingerprint density at radius 3 is 3.14 bits per heavy atom. The highest BCUT2D eigenvalue weighted by molar-refractivity contribution is 5.88. The molecule has 1 aliphatic rings. The summed E-state index contributed by atoms with van der Waals surface area (Å²) in [6.07, 6.45) is 2.03. The zero-order valence-corrected chi connectivity index (χ0v) is 11.8. The maximum Gasteiger partial charge on any atom is 0.320 e. The van der Waals surface area contributed by atoms with Gasteiger partial charge >= 0.3 is 6.03 Å². The van der Waals surface area contributed by atoms with E-state index in [2.05, 4.69) is 33.2 Å². The van der Waals surface area contributed by atoms with Crippen LogP contribution in [0.5, 0.6) is 0 Å². The summed E-state index contributed by atoms with van der Waals surface area (Å²) in [5.41, 5.74) is 2.49. The number of aromatic nitrogens is 1. The van der Waals surface area contributed by atoms with E-state index in [0.717, 1.165) is 18.5 Å². The molecular weight excluding hydrogens is 268 g/mol. The lowest BCUT2D eigenvalue weighted by atomic mass is 9.98. The second-order valence-electron chi connectivity index (χ2n) is 5.19. The fourth-order valence-corrected chi connectivity index (χ4v) is 2.46. The second-order valence-corrected chi connectivity index (χ2v) is 5.19. The number of hydrogen-bond donors (Lipinski definition) is 3.